The van der Waals surface area contributed by atoms with E-state index in [0.717, 1.165) is 13.2 Å². The molecule has 2 aromatic carbocycles. The second kappa shape index (κ2) is 10.6. The van der Waals surface area contributed by atoms with Gasteiger partial charge in [0.15, 0.2) is 11.2 Å². The Morgan fingerprint density at radius 1 is 0.979 bits per heavy atom. The van der Waals surface area contributed by atoms with Crippen LogP contribution < -0.4 is 42.4 Å². The average molecular weight is 750 g/mol. The number of pyridine rings is 1. The molecule has 0 saturated carbocycles. The van der Waals surface area contributed by atoms with Crippen LogP contribution in [0.25, 0.3) is 22.3 Å². The van der Waals surface area contributed by atoms with Gasteiger partial charge in [-0.3, -0.25) is 24.0 Å². The third kappa shape index (κ3) is 4.10. The largest absolute Gasteiger partial charge is 0.510 e. The lowest BCUT2D eigenvalue weighted by molar-refractivity contribution is 0.132. The first kappa shape index (κ1) is 30.3. The zero-order valence-corrected chi connectivity index (χ0v) is 26.2. The molecule has 1 atom stereocenters. The van der Waals surface area contributed by atoms with Crippen molar-refractivity contribution >= 4 is 51.1 Å². The van der Waals surface area contributed by atoms with Gasteiger partial charge in [0, 0.05) is 20.6 Å². The summed E-state index contributed by atoms with van der Waals surface area (Å²) in [6.07, 6.45) is 1.23. The molecule has 4 N–H and O–H groups in total. The summed E-state index contributed by atoms with van der Waals surface area (Å²) in [6.45, 7) is -0.0339. The number of benzene rings is 2. The van der Waals surface area contributed by atoms with Crippen molar-refractivity contribution in [1.29, 1.82) is 0 Å². The maximum atomic E-state index is 13.7. The van der Waals surface area contributed by atoms with Gasteiger partial charge in [-0.05, 0) is 64.8 Å². The lowest BCUT2D eigenvalue weighted by atomic mass is 9.78. The molecule has 0 fully saturated rings. The highest BCUT2D eigenvalue weighted by molar-refractivity contribution is 14.1. The number of nitrogens with zero attached hydrogens (tertiary/aromatic N) is 1. The van der Waals surface area contributed by atoms with Crippen molar-refractivity contribution in [3.8, 4) is 11.5 Å². The van der Waals surface area contributed by atoms with Crippen LogP contribution in [-0.2, 0) is 23.3 Å². The molecule has 1 heterocycles. The van der Waals surface area contributed by atoms with Gasteiger partial charge in [0.05, 0.1) is 45.3 Å². The van der Waals surface area contributed by atoms with Crippen molar-refractivity contribution in [2.45, 2.75) is 24.9 Å². The van der Waals surface area contributed by atoms with E-state index in [2.05, 4.69) is 10.1 Å². The van der Waals surface area contributed by atoms with E-state index in [1.165, 1.54) is 30.5 Å². The summed E-state index contributed by atoms with van der Waals surface area (Å²) in [4.78, 5) is 74.3. The minimum atomic E-state index is -2.01. The summed E-state index contributed by atoms with van der Waals surface area (Å²) in [5.74, 6) is -3.07. The first-order chi connectivity index (χ1) is 22.4. The van der Waals surface area contributed by atoms with Crippen LogP contribution in [0, 0.1) is 19.8 Å². The molecule has 14 heteroatoms. The second-order valence-corrected chi connectivity index (χ2v) is 12.2. The lowest BCUT2D eigenvalue weighted by Crippen LogP contribution is -2.51. The Hall–Kier alpha value is -5.38. The van der Waals surface area contributed by atoms with Crippen LogP contribution in [0.3, 0.4) is 0 Å². The normalized spacial score (nSPS) is 16.9. The van der Waals surface area contributed by atoms with Gasteiger partial charge in [-0.2, -0.15) is 0 Å². The number of aliphatic hydroxyl groups excluding tert-OH is 2. The molecule has 12 nitrogen and oxygen atoms in total. The van der Waals surface area contributed by atoms with Gasteiger partial charge in [-0.15, -0.1) is 0 Å². The number of oxime groups is 1. The van der Waals surface area contributed by atoms with E-state index in [-0.39, 0.29) is 36.1 Å². The Labute approximate surface area is 273 Å². The van der Waals surface area contributed by atoms with Gasteiger partial charge in [-0.1, -0.05) is 17.3 Å². The topological polar surface area (TPSA) is 193 Å². The zero-order chi connectivity index (χ0) is 33.5. The number of ether oxygens (including phenoxy) is 1. The van der Waals surface area contributed by atoms with Gasteiger partial charge in [0.25, 0.3) is 5.56 Å². The van der Waals surface area contributed by atoms with Gasteiger partial charge in [-0.25, -0.2) is 4.39 Å². The first-order valence-electron chi connectivity index (χ1n) is 14.0. The molecule has 47 heavy (non-hydrogen) atoms. The fourth-order valence-electron chi connectivity index (χ4n) is 6.71. The van der Waals surface area contributed by atoms with Crippen LogP contribution in [-0.4, -0.2) is 33.6 Å². The number of aliphatic hydroxyl groups is 2. The van der Waals surface area contributed by atoms with Gasteiger partial charge >= 0.3 is 0 Å². The molecule has 4 aliphatic rings. The fraction of sp³-hybridized carbons (Fsp3) is 0.152. The predicted octanol–water partition coefficient (Wildman–Crippen LogP) is 0.808. The lowest BCUT2D eigenvalue weighted by Gasteiger charge is -2.27. The number of hydrogen-bond acceptors (Lipinski definition) is 11. The monoisotopic (exact) mass is 750 g/mol. The predicted molar refractivity (Wildman–Crippen MR) is 175 cm³/mol. The average Bonchev–Trinajstić information content (AvgIpc) is 3.55. The van der Waals surface area contributed by atoms with E-state index in [0.29, 0.717) is 20.1 Å². The number of rotatable bonds is 5. The molecule has 4 aliphatic carbocycles. The Bertz CT molecular complexity index is 2750. The molecule has 1 spiro atoms. The van der Waals surface area contributed by atoms with E-state index in [1.54, 1.807) is 6.07 Å². The van der Waals surface area contributed by atoms with Crippen LogP contribution in [0.15, 0.2) is 65.5 Å². The highest BCUT2D eigenvalue weighted by Gasteiger charge is 2.53. The Morgan fingerprint density at radius 3 is 2.36 bits per heavy atom. The number of phenolic OH excluding ortho intramolecular Hbond substituents is 1. The molecule has 0 bridgehead atoms. The smallest absolute Gasteiger partial charge is 0.260 e. The van der Waals surface area contributed by atoms with Crippen LogP contribution in [0.1, 0.15) is 28.8 Å². The van der Waals surface area contributed by atoms with E-state index >= 15 is 0 Å². The van der Waals surface area contributed by atoms with Crippen LogP contribution >= 0.6 is 22.6 Å². The molecule has 0 radical (unpaired) electrons. The number of phenols is 1. The number of hydrogen-bond donors (Lipinski definition) is 4. The summed E-state index contributed by atoms with van der Waals surface area (Å²) in [6, 6.07) is 8.07. The Kier molecular flexibility index (Phi) is 6.82. The molecule has 3 aromatic rings. The Morgan fingerprint density at radius 2 is 1.68 bits per heavy atom. The Balaban J connectivity index is 1.42. The van der Waals surface area contributed by atoms with Crippen molar-refractivity contribution in [3.63, 3.8) is 0 Å². The minimum absolute atomic E-state index is 0.0339. The number of nitrogens with one attached hydrogen (secondary N) is 1. The third-order valence-electron chi connectivity index (χ3n) is 8.76. The highest BCUT2D eigenvalue weighted by Crippen LogP contribution is 2.55. The molecule has 0 aliphatic heterocycles. The van der Waals surface area contributed by atoms with Crippen molar-refractivity contribution in [3.05, 3.63) is 140 Å². The maximum Gasteiger partial charge on any atom is 0.260 e. The quantitative estimate of drug-likeness (QED) is 0.114. The first-order valence-corrected chi connectivity index (χ1v) is 15.1. The number of methoxy groups -OCH3 is 1. The summed E-state index contributed by atoms with van der Waals surface area (Å²) < 4.78 is 18.8. The van der Waals surface area contributed by atoms with Crippen LogP contribution in [0.2, 0.25) is 0 Å². The standard InChI is InChI=1S/C33H20FIN2O10/c1-46-18-9-17(38)20-21(26(18)39)28(41)23-22(27(20)40)30(43)33(31(23)44)6-5-15-24(33)29(42)19-16(25(15)35)8-14(37-32(19)45)10-36-47-11-12-3-2-4-13(34)7-12/h2-4,7-10,42-44H,5-6,11H2,1H3,(H,37,45)/b36-10+/t33-/m0/s1. The van der Waals surface area contributed by atoms with E-state index < -0.39 is 82.4 Å². The maximum absolute atomic E-state index is 13.7. The molecule has 0 unspecified atom stereocenters. The van der Waals surface area contributed by atoms with E-state index in [1.807, 2.05) is 22.6 Å². The van der Waals surface area contributed by atoms with Crippen LogP contribution in [0.5, 0.6) is 11.5 Å². The minimum Gasteiger partial charge on any atom is -0.510 e. The molecule has 7 rings (SSSR count). The fourth-order valence-corrected chi connectivity index (χ4v) is 7.68. The highest BCUT2D eigenvalue weighted by atomic mass is 127. The molecular formula is C33H20FIN2O10. The van der Waals surface area contributed by atoms with E-state index in [9.17, 15) is 43.7 Å². The molecule has 236 valence electrons. The van der Waals surface area contributed by atoms with Gasteiger partial charge < -0.3 is 29.9 Å². The van der Waals surface area contributed by atoms with E-state index in [4.69, 9.17) is 9.57 Å². The van der Waals surface area contributed by atoms with Gasteiger partial charge in [0.2, 0.25) is 16.3 Å². The SMILES string of the molecule is COc1cc(=O)c2c(=O)c3c(c(=O)c=2c1=O)=C(O)[C@]1(CCc2c1c(O)c1c(=O)[nH]c(/C=N/OCc4cccc(F)c4)cc1c2I)C=3O. The number of halogens is 2. The van der Waals surface area contributed by atoms with Crippen molar-refractivity contribution in [2.24, 2.45) is 5.16 Å². The molecular weight excluding hydrogens is 730 g/mol. The van der Waals surface area contributed by atoms with Crippen molar-refractivity contribution in [2.75, 3.05) is 7.11 Å². The number of aromatic nitrogens is 1. The molecule has 0 amide bonds. The molecule has 0 saturated heterocycles. The second-order valence-electron chi connectivity index (χ2n) is 11.2. The number of aromatic hydroxyl groups is 1. The summed E-state index contributed by atoms with van der Waals surface area (Å²) in [7, 11) is 1.11. The van der Waals surface area contributed by atoms with Gasteiger partial charge in [0.1, 0.15) is 35.1 Å². The van der Waals surface area contributed by atoms with Crippen molar-refractivity contribution < 1.29 is 29.3 Å². The third-order valence-corrected chi connectivity index (χ3v) is 10.00. The number of fused-ring (bicyclic) bond motifs is 4. The van der Waals surface area contributed by atoms with Crippen molar-refractivity contribution in [1.82, 2.24) is 4.98 Å². The number of aromatic amines is 1. The molecule has 1 aromatic heterocycles. The summed E-state index contributed by atoms with van der Waals surface area (Å²) >= 11 is 1.96. The number of H-pyrrole nitrogens is 1. The summed E-state index contributed by atoms with van der Waals surface area (Å²) in [5, 5.41) is 36.0. The summed E-state index contributed by atoms with van der Waals surface area (Å²) in [5.41, 5.74) is -5.98. The zero-order valence-electron chi connectivity index (χ0n) is 24.1. The van der Waals surface area contributed by atoms with Crippen LogP contribution in [0.4, 0.5) is 4.39 Å².